The van der Waals surface area contributed by atoms with Crippen LogP contribution in [0.15, 0.2) is 24.3 Å². The van der Waals surface area contributed by atoms with E-state index in [0.29, 0.717) is 23.7 Å². The van der Waals surface area contributed by atoms with Gasteiger partial charge in [0.05, 0.1) is 23.6 Å². The minimum Gasteiger partial charge on any atom is -0.329 e. The van der Waals surface area contributed by atoms with Crippen molar-refractivity contribution in [1.29, 1.82) is 0 Å². The second-order valence-electron chi connectivity index (χ2n) is 5.37. The number of fused-ring (bicyclic) bond motifs is 2. The van der Waals surface area contributed by atoms with E-state index in [0.717, 1.165) is 0 Å². The third kappa shape index (κ3) is 2.08. The van der Waals surface area contributed by atoms with Gasteiger partial charge in [-0.25, -0.2) is 9.48 Å². The Bertz CT molecular complexity index is 795. The van der Waals surface area contributed by atoms with Crippen LogP contribution in [0.4, 0.5) is 0 Å². The van der Waals surface area contributed by atoms with E-state index >= 15 is 0 Å². The van der Waals surface area contributed by atoms with Crippen LogP contribution in [0, 0.1) is 5.92 Å². The molecule has 0 saturated carbocycles. The Morgan fingerprint density at radius 3 is 2.57 bits per heavy atom. The summed E-state index contributed by atoms with van der Waals surface area (Å²) in [5.41, 5.74) is 0.466. The number of rotatable bonds is 2. The van der Waals surface area contributed by atoms with Gasteiger partial charge in [-0.3, -0.25) is 9.59 Å². The highest BCUT2D eigenvalue weighted by Gasteiger charge is 2.40. The number of carbonyl (C=O) groups excluding carboxylic acids is 3. The van der Waals surface area contributed by atoms with Crippen molar-refractivity contribution in [1.82, 2.24) is 25.3 Å². The van der Waals surface area contributed by atoms with E-state index in [-0.39, 0.29) is 17.7 Å². The topological polar surface area (TPSA) is 107 Å². The average molecular weight is 313 g/mol. The summed E-state index contributed by atoms with van der Waals surface area (Å²) in [5.74, 6) is -1.69. The zero-order chi connectivity index (χ0) is 16.0. The van der Waals surface area contributed by atoms with Gasteiger partial charge in [-0.1, -0.05) is 17.2 Å². The molecule has 0 fully saturated rings. The van der Waals surface area contributed by atoms with Gasteiger partial charge in [-0.2, -0.15) is 0 Å². The summed E-state index contributed by atoms with van der Waals surface area (Å²) < 4.78 is 1.53. The Hall–Kier alpha value is -3.10. The maximum Gasteiger partial charge on any atom is 0.338 e. The Morgan fingerprint density at radius 1 is 1.17 bits per heavy atom. The largest absolute Gasteiger partial charge is 0.338 e. The monoisotopic (exact) mass is 313 g/mol. The fraction of sp³-hybridized carbons (Fsp3) is 0.286. The minimum atomic E-state index is -0.638. The van der Waals surface area contributed by atoms with E-state index in [1.54, 1.807) is 12.1 Å². The van der Waals surface area contributed by atoms with Gasteiger partial charge in [0.1, 0.15) is 0 Å². The van der Waals surface area contributed by atoms with E-state index in [2.05, 4.69) is 15.5 Å². The predicted octanol–water partition coefficient (Wildman–Crippen LogP) is -0.0101. The van der Waals surface area contributed by atoms with Crippen LogP contribution in [0.2, 0.25) is 0 Å². The van der Waals surface area contributed by atoms with E-state index in [1.807, 2.05) is 0 Å². The molecule has 1 atom stereocenters. The lowest BCUT2D eigenvalue weighted by atomic mass is 10.0. The van der Waals surface area contributed by atoms with Crippen LogP contribution in [-0.4, -0.2) is 43.1 Å². The molecule has 1 aromatic carbocycles. The van der Waals surface area contributed by atoms with E-state index in [1.165, 1.54) is 16.8 Å². The molecule has 23 heavy (non-hydrogen) atoms. The molecule has 2 aliphatic rings. The second kappa shape index (κ2) is 4.97. The van der Waals surface area contributed by atoms with Gasteiger partial charge in [0.15, 0.2) is 5.82 Å². The molecule has 9 heteroatoms. The highest BCUT2D eigenvalue weighted by Crippen LogP contribution is 2.25. The maximum absolute atomic E-state index is 12.3. The number of hydrogen-bond acceptors (Lipinski definition) is 7. The first-order chi connectivity index (χ1) is 11.1. The van der Waals surface area contributed by atoms with Gasteiger partial charge in [0, 0.05) is 6.42 Å². The van der Waals surface area contributed by atoms with Crippen molar-refractivity contribution in [2.75, 3.05) is 0 Å². The molecular weight excluding hydrogens is 302 g/mol. The van der Waals surface area contributed by atoms with Crippen molar-refractivity contribution in [3.8, 4) is 0 Å². The van der Waals surface area contributed by atoms with Crippen LogP contribution in [0.1, 0.15) is 33.0 Å². The van der Waals surface area contributed by atoms with Gasteiger partial charge in [0.25, 0.3) is 11.8 Å². The quantitative estimate of drug-likeness (QED) is 0.717. The number of tetrazole rings is 1. The summed E-state index contributed by atoms with van der Waals surface area (Å²) >= 11 is 0. The Labute approximate surface area is 129 Å². The first-order valence-corrected chi connectivity index (χ1v) is 7.10. The van der Waals surface area contributed by atoms with Crippen LogP contribution in [0.25, 0.3) is 0 Å². The molecule has 9 nitrogen and oxygen atoms in total. The van der Waals surface area contributed by atoms with E-state index < -0.39 is 23.7 Å². The fourth-order valence-corrected chi connectivity index (χ4v) is 2.75. The third-order valence-corrected chi connectivity index (χ3v) is 3.99. The van der Waals surface area contributed by atoms with Crippen LogP contribution in [0.3, 0.4) is 0 Å². The number of carbonyl (C=O) groups is 3. The fourth-order valence-electron chi connectivity index (χ4n) is 2.75. The summed E-state index contributed by atoms with van der Waals surface area (Å²) in [6.07, 6.45) is 1.04. The Morgan fingerprint density at radius 2 is 1.87 bits per heavy atom. The first-order valence-electron chi connectivity index (χ1n) is 7.10. The Kier molecular flexibility index (Phi) is 2.93. The predicted molar refractivity (Wildman–Crippen MR) is 72.7 cm³/mol. The lowest BCUT2D eigenvalue weighted by Gasteiger charge is -2.21. The average Bonchev–Trinajstić information content (AvgIpc) is 3.13. The zero-order valence-corrected chi connectivity index (χ0v) is 11.9. The molecule has 0 bridgehead atoms. The molecule has 0 spiro atoms. The normalized spacial score (nSPS) is 19.5. The first kappa shape index (κ1) is 13.6. The molecule has 0 N–H and O–H groups in total. The summed E-state index contributed by atoms with van der Waals surface area (Å²) in [6.45, 7) is 0.268. The SMILES string of the molecule is O=C(ON1C(=O)c2ccccc2C1=O)C1CCc2nnnn2C1. The molecule has 1 unspecified atom stereocenters. The lowest BCUT2D eigenvalue weighted by molar-refractivity contribution is -0.175. The van der Waals surface area contributed by atoms with Crippen molar-refractivity contribution < 1.29 is 19.2 Å². The molecule has 3 heterocycles. The molecule has 4 rings (SSSR count). The number of benzene rings is 1. The van der Waals surface area contributed by atoms with Crippen molar-refractivity contribution in [3.63, 3.8) is 0 Å². The highest BCUT2D eigenvalue weighted by atomic mass is 16.7. The molecular formula is C14H11N5O4. The standard InChI is InChI=1S/C14H11N5O4/c20-12-9-3-1-2-4-10(9)13(21)19(12)23-14(22)8-5-6-11-15-16-17-18(11)7-8/h1-4,8H,5-7H2. The summed E-state index contributed by atoms with van der Waals surface area (Å²) in [6, 6.07) is 6.35. The lowest BCUT2D eigenvalue weighted by Crippen LogP contribution is -2.37. The van der Waals surface area contributed by atoms with Crippen molar-refractivity contribution in [2.45, 2.75) is 19.4 Å². The number of imide groups is 1. The molecule has 0 radical (unpaired) electrons. The number of aromatic nitrogens is 4. The van der Waals surface area contributed by atoms with E-state index in [9.17, 15) is 14.4 Å². The van der Waals surface area contributed by atoms with Crippen molar-refractivity contribution in [3.05, 3.63) is 41.2 Å². The molecule has 1 aromatic heterocycles. The molecule has 2 aromatic rings. The zero-order valence-electron chi connectivity index (χ0n) is 11.9. The Balaban J connectivity index is 1.50. The van der Waals surface area contributed by atoms with Gasteiger partial charge in [-0.05, 0) is 29.0 Å². The van der Waals surface area contributed by atoms with Gasteiger partial charge in [0.2, 0.25) is 0 Å². The minimum absolute atomic E-state index is 0.233. The smallest absolute Gasteiger partial charge is 0.329 e. The summed E-state index contributed by atoms with van der Waals surface area (Å²) in [7, 11) is 0. The van der Waals surface area contributed by atoms with Gasteiger partial charge < -0.3 is 4.84 Å². The van der Waals surface area contributed by atoms with Crippen LogP contribution in [0.5, 0.6) is 0 Å². The van der Waals surface area contributed by atoms with Gasteiger partial charge >= 0.3 is 5.97 Å². The summed E-state index contributed by atoms with van der Waals surface area (Å²) in [5, 5.41) is 11.7. The van der Waals surface area contributed by atoms with E-state index in [4.69, 9.17) is 4.84 Å². The van der Waals surface area contributed by atoms with Crippen molar-refractivity contribution in [2.24, 2.45) is 5.92 Å². The summed E-state index contributed by atoms with van der Waals surface area (Å²) in [4.78, 5) is 41.7. The molecule has 2 amide bonds. The maximum atomic E-state index is 12.3. The number of aryl methyl sites for hydroxylation is 1. The molecule has 0 aliphatic carbocycles. The highest BCUT2D eigenvalue weighted by molar-refractivity contribution is 6.20. The molecule has 0 saturated heterocycles. The van der Waals surface area contributed by atoms with Gasteiger partial charge in [-0.15, -0.1) is 5.10 Å². The number of hydroxylamine groups is 2. The van der Waals surface area contributed by atoms with Crippen LogP contribution >= 0.6 is 0 Å². The van der Waals surface area contributed by atoms with Crippen molar-refractivity contribution >= 4 is 17.8 Å². The third-order valence-electron chi connectivity index (χ3n) is 3.99. The van der Waals surface area contributed by atoms with Crippen LogP contribution < -0.4 is 0 Å². The molecule has 2 aliphatic heterocycles. The number of amides is 2. The molecule has 116 valence electrons. The number of hydrogen-bond donors (Lipinski definition) is 0. The number of nitrogens with zero attached hydrogens (tertiary/aromatic N) is 5. The second-order valence-corrected chi connectivity index (χ2v) is 5.37. The van der Waals surface area contributed by atoms with Crippen LogP contribution in [-0.2, 0) is 22.6 Å².